The molecule has 1 fully saturated rings. The number of hydrogen-bond donors (Lipinski definition) is 3. The molecule has 0 radical (unpaired) electrons. The first-order valence-electron chi connectivity index (χ1n) is 8.13. The Balaban J connectivity index is 1.62. The molecule has 1 spiro atoms. The lowest BCUT2D eigenvalue weighted by atomic mass is 9.92. The monoisotopic (exact) mass is 386 g/mol. The standard InChI is InChI=1S/C18H12F2N4O4/c19-11-6-5-9(7-12(11)20)21-14(25)8-24-13-4-2-1-3-10(13)18(16(24)27)15(26)22-17(28)23-18/h1-7H,8H2,(H,21,25)(H2,22,23,26,28). The predicted octanol–water partition coefficient (Wildman–Crippen LogP) is 0.985. The summed E-state index contributed by atoms with van der Waals surface area (Å²) >= 11 is 0. The highest BCUT2D eigenvalue weighted by molar-refractivity contribution is 6.28. The molecule has 1 unspecified atom stereocenters. The van der Waals surface area contributed by atoms with Gasteiger partial charge in [0.05, 0.1) is 5.69 Å². The zero-order chi connectivity index (χ0) is 20.1. The average Bonchev–Trinajstić information content (AvgIpc) is 3.08. The normalized spacial score (nSPS) is 20.2. The van der Waals surface area contributed by atoms with Crippen molar-refractivity contribution in [3.05, 3.63) is 59.7 Å². The van der Waals surface area contributed by atoms with Crippen LogP contribution in [0.4, 0.5) is 25.0 Å². The molecule has 1 atom stereocenters. The van der Waals surface area contributed by atoms with Crippen molar-refractivity contribution < 1.29 is 28.0 Å². The van der Waals surface area contributed by atoms with Crippen molar-refractivity contribution in [1.29, 1.82) is 0 Å². The number of nitrogens with one attached hydrogen (secondary N) is 3. The Morgan fingerprint density at radius 1 is 1.07 bits per heavy atom. The van der Waals surface area contributed by atoms with Gasteiger partial charge in [-0.05, 0) is 18.2 Å². The van der Waals surface area contributed by atoms with Gasteiger partial charge in [0.15, 0.2) is 11.6 Å². The Labute approximate surface area is 156 Å². The summed E-state index contributed by atoms with van der Waals surface area (Å²) in [5.74, 6) is -4.52. The number of fused-ring (bicyclic) bond motifs is 2. The van der Waals surface area contributed by atoms with Crippen LogP contribution in [-0.2, 0) is 19.9 Å². The van der Waals surface area contributed by atoms with E-state index in [9.17, 15) is 28.0 Å². The van der Waals surface area contributed by atoms with E-state index < -0.39 is 47.5 Å². The van der Waals surface area contributed by atoms with Crippen LogP contribution in [0.2, 0.25) is 0 Å². The second-order valence-corrected chi connectivity index (χ2v) is 6.24. The van der Waals surface area contributed by atoms with Gasteiger partial charge in [0.25, 0.3) is 11.8 Å². The first kappa shape index (κ1) is 17.6. The van der Waals surface area contributed by atoms with Crippen LogP contribution < -0.4 is 20.9 Å². The molecule has 0 saturated carbocycles. The molecule has 8 nitrogen and oxygen atoms in total. The predicted molar refractivity (Wildman–Crippen MR) is 92.1 cm³/mol. The Bertz CT molecular complexity index is 1060. The fraction of sp³-hybridized carbons (Fsp3) is 0.111. The van der Waals surface area contributed by atoms with Crippen LogP contribution in [0.5, 0.6) is 0 Å². The van der Waals surface area contributed by atoms with Gasteiger partial charge in [-0.3, -0.25) is 24.6 Å². The Kier molecular flexibility index (Phi) is 3.84. The first-order valence-corrected chi connectivity index (χ1v) is 8.13. The van der Waals surface area contributed by atoms with E-state index in [1.807, 2.05) is 5.32 Å². The van der Waals surface area contributed by atoms with Crippen LogP contribution in [-0.4, -0.2) is 30.3 Å². The number of benzene rings is 2. The van der Waals surface area contributed by atoms with Crippen molar-refractivity contribution in [2.24, 2.45) is 0 Å². The Morgan fingerprint density at radius 2 is 1.82 bits per heavy atom. The molecule has 0 aliphatic carbocycles. The SMILES string of the molecule is O=C(CN1C(=O)C2(NC(=O)NC2=O)c2ccccc21)Nc1ccc(F)c(F)c1. The molecule has 2 aromatic carbocycles. The van der Waals surface area contributed by atoms with Gasteiger partial charge in [0.2, 0.25) is 11.4 Å². The van der Waals surface area contributed by atoms with Gasteiger partial charge in [0, 0.05) is 17.3 Å². The summed E-state index contributed by atoms with van der Waals surface area (Å²) in [6.45, 7) is -0.500. The smallest absolute Gasteiger partial charge is 0.323 e. The fourth-order valence-electron chi connectivity index (χ4n) is 3.32. The molecule has 142 valence electrons. The van der Waals surface area contributed by atoms with E-state index in [1.165, 1.54) is 18.2 Å². The van der Waals surface area contributed by atoms with Crippen molar-refractivity contribution in [3.63, 3.8) is 0 Å². The maximum Gasteiger partial charge on any atom is 0.323 e. The summed E-state index contributed by atoms with van der Waals surface area (Å²) in [7, 11) is 0. The molecule has 2 aliphatic heterocycles. The molecule has 4 rings (SSSR count). The molecular weight excluding hydrogens is 374 g/mol. The molecule has 1 saturated heterocycles. The van der Waals surface area contributed by atoms with Gasteiger partial charge in [-0.2, -0.15) is 0 Å². The molecular formula is C18H12F2N4O4. The minimum Gasteiger partial charge on any atom is -0.324 e. The molecule has 2 aromatic rings. The van der Waals surface area contributed by atoms with Gasteiger partial charge in [-0.25, -0.2) is 13.6 Å². The molecule has 2 heterocycles. The van der Waals surface area contributed by atoms with Crippen molar-refractivity contribution in [1.82, 2.24) is 10.6 Å². The van der Waals surface area contributed by atoms with Crippen LogP contribution >= 0.6 is 0 Å². The minimum absolute atomic E-state index is 0.00505. The third-order valence-corrected chi connectivity index (χ3v) is 4.54. The number of para-hydroxylation sites is 1. The lowest BCUT2D eigenvalue weighted by Gasteiger charge is -2.21. The van der Waals surface area contributed by atoms with E-state index >= 15 is 0 Å². The van der Waals surface area contributed by atoms with Gasteiger partial charge >= 0.3 is 6.03 Å². The molecule has 0 bridgehead atoms. The van der Waals surface area contributed by atoms with Gasteiger partial charge < -0.3 is 10.6 Å². The van der Waals surface area contributed by atoms with Crippen LogP contribution in [0, 0.1) is 11.6 Å². The van der Waals surface area contributed by atoms with Crippen LogP contribution in [0.15, 0.2) is 42.5 Å². The van der Waals surface area contributed by atoms with Gasteiger partial charge in [-0.15, -0.1) is 0 Å². The van der Waals surface area contributed by atoms with Crippen LogP contribution in [0.1, 0.15) is 5.56 Å². The number of nitrogens with zero attached hydrogens (tertiary/aromatic N) is 1. The number of halogens is 2. The summed E-state index contributed by atoms with van der Waals surface area (Å²) in [6.07, 6.45) is 0. The van der Waals surface area contributed by atoms with E-state index in [2.05, 4.69) is 10.6 Å². The van der Waals surface area contributed by atoms with Crippen LogP contribution in [0.25, 0.3) is 0 Å². The Hall–Kier alpha value is -3.82. The van der Waals surface area contributed by atoms with Gasteiger partial charge in [0.1, 0.15) is 6.54 Å². The van der Waals surface area contributed by atoms with Crippen molar-refractivity contribution in [2.45, 2.75) is 5.54 Å². The van der Waals surface area contributed by atoms with E-state index in [0.29, 0.717) is 0 Å². The highest BCUT2D eigenvalue weighted by atomic mass is 19.2. The summed E-state index contributed by atoms with van der Waals surface area (Å²) in [5.41, 5.74) is -1.41. The quantitative estimate of drug-likeness (QED) is 0.540. The maximum atomic E-state index is 13.3. The third-order valence-electron chi connectivity index (χ3n) is 4.54. The molecule has 10 heteroatoms. The van der Waals surface area contributed by atoms with Crippen molar-refractivity contribution in [3.8, 4) is 0 Å². The molecule has 2 aliphatic rings. The number of carbonyl (C=O) groups excluding carboxylic acids is 4. The average molecular weight is 386 g/mol. The van der Waals surface area contributed by atoms with E-state index in [0.717, 1.165) is 17.0 Å². The van der Waals surface area contributed by atoms with Crippen molar-refractivity contribution in [2.75, 3.05) is 16.8 Å². The summed E-state index contributed by atoms with van der Waals surface area (Å²) in [4.78, 5) is 50.4. The number of imide groups is 1. The number of urea groups is 1. The molecule has 0 aromatic heterocycles. The lowest BCUT2D eigenvalue weighted by molar-refractivity contribution is -0.134. The van der Waals surface area contributed by atoms with E-state index in [4.69, 9.17) is 0 Å². The van der Waals surface area contributed by atoms with E-state index in [1.54, 1.807) is 12.1 Å². The summed E-state index contributed by atoms with van der Waals surface area (Å²) in [5, 5.41) is 6.73. The second kappa shape index (κ2) is 6.12. The first-order chi connectivity index (χ1) is 13.3. The number of anilines is 2. The van der Waals surface area contributed by atoms with Gasteiger partial charge in [-0.1, -0.05) is 18.2 Å². The van der Waals surface area contributed by atoms with E-state index in [-0.39, 0.29) is 16.9 Å². The number of amides is 5. The Morgan fingerprint density at radius 3 is 2.50 bits per heavy atom. The number of carbonyl (C=O) groups is 4. The fourth-order valence-corrected chi connectivity index (χ4v) is 3.32. The summed E-state index contributed by atoms with van der Waals surface area (Å²) < 4.78 is 26.3. The lowest BCUT2D eigenvalue weighted by Crippen LogP contribution is -2.53. The van der Waals surface area contributed by atoms with Crippen molar-refractivity contribution >= 4 is 35.1 Å². The molecule has 3 N–H and O–H groups in total. The minimum atomic E-state index is -1.93. The molecule has 5 amide bonds. The zero-order valence-corrected chi connectivity index (χ0v) is 14.1. The topological polar surface area (TPSA) is 108 Å². The maximum absolute atomic E-state index is 13.3. The highest BCUT2D eigenvalue weighted by Crippen LogP contribution is 2.41. The van der Waals surface area contributed by atoms with Crippen LogP contribution in [0.3, 0.4) is 0 Å². The second-order valence-electron chi connectivity index (χ2n) is 6.24. The highest BCUT2D eigenvalue weighted by Gasteiger charge is 2.61. The zero-order valence-electron chi connectivity index (χ0n) is 14.1. The largest absolute Gasteiger partial charge is 0.324 e. The number of hydrogen-bond acceptors (Lipinski definition) is 4. The third kappa shape index (κ3) is 2.49. The number of rotatable bonds is 3. The molecule has 28 heavy (non-hydrogen) atoms. The summed E-state index contributed by atoms with van der Waals surface area (Å²) in [6, 6.07) is 8.25.